The zero-order valence-electron chi connectivity index (χ0n) is 17.5. The minimum absolute atomic E-state index is 0.156. The predicted molar refractivity (Wildman–Crippen MR) is 118 cm³/mol. The van der Waals surface area contributed by atoms with Crippen LogP contribution in [0.15, 0.2) is 78.9 Å². The molecule has 6 nitrogen and oxygen atoms in total. The highest BCUT2D eigenvalue weighted by molar-refractivity contribution is 5.95. The molecular weight excluding hydrogens is 394 g/mol. The maximum absolute atomic E-state index is 12.4. The number of anilines is 1. The standard InChI is InChI=1S/C25H25NO5/c1-18(30-24(27)17-12-19-8-6-7-11-23(19)29-2)25(28)26-20-13-15-22(16-14-20)31-21-9-4-3-5-10-21/h3-11,13-16,18H,12,17H2,1-2H3,(H,26,28). The lowest BCUT2D eigenvalue weighted by molar-refractivity contribution is -0.153. The number of hydrogen-bond donors (Lipinski definition) is 1. The molecule has 0 aliphatic rings. The van der Waals surface area contributed by atoms with E-state index in [9.17, 15) is 9.59 Å². The van der Waals surface area contributed by atoms with E-state index in [0.29, 0.717) is 17.9 Å². The highest BCUT2D eigenvalue weighted by Gasteiger charge is 2.18. The third kappa shape index (κ3) is 6.60. The molecule has 0 aliphatic heterocycles. The minimum Gasteiger partial charge on any atom is -0.496 e. The zero-order valence-corrected chi connectivity index (χ0v) is 17.5. The van der Waals surface area contributed by atoms with Crippen LogP contribution in [0, 0.1) is 0 Å². The van der Waals surface area contributed by atoms with Crippen LogP contribution >= 0.6 is 0 Å². The molecule has 0 saturated carbocycles. The number of para-hydroxylation sites is 2. The van der Waals surface area contributed by atoms with Crippen LogP contribution in [0.2, 0.25) is 0 Å². The van der Waals surface area contributed by atoms with Crippen molar-refractivity contribution in [1.29, 1.82) is 0 Å². The first kappa shape index (κ1) is 21.9. The molecular formula is C25H25NO5. The smallest absolute Gasteiger partial charge is 0.306 e. The third-order valence-corrected chi connectivity index (χ3v) is 4.57. The lowest BCUT2D eigenvalue weighted by Gasteiger charge is -2.14. The summed E-state index contributed by atoms with van der Waals surface area (Å²) in [6.45, 7) is 1.54. The van der Waals surface area contributed by atoms with Gasteiger partial charge in [0.05, 0.1) is 7.11 Å². The first-order valence-corrected chi connectivity index (χ1v) is 10.0. The normalized spacial score (nSPS) is 11.3. The molecule has 0 heterocycles. The summed E-state index contributed by atoms with van der Waals surface area (Å²) >= 11 is 0. The molecule has 0 fully saturated rings. The van der Waals surface area contributed by atoms with Gasteiger partial charge in [0.25, 0.3) is 5.91 Å². The third-order valence-electron chi connectivity index (χ3n) is 4.57. The average Bonchev–Trinajstić information content (AvgIpc) is 2.79. The second-order valence-electron chi connectivity index (χ2n) is 6.87. The molecule has 1 unspecified atom stereocenters. The Morgan fingerprint density at radius 3 is 2.23 bits per heavy atom. The Balaban J connectivity index is 1.46. The Morgan fingerprint density at radius 2 is 1.52 bits per heavy atom. The lowest BCUT2D eigenvalue weighted by Crippen LogP contribution is -2.30. The summed E-state index contributed by atoms with van der Waals surface area (Å²) in [4.78, 5) is 24.5. The number of hydrogen-bond acceptors (Lipinski definition) is 5. The highest BCUT2D eigenvalue weighted by atomic mass is 16.5. The van der Waals surface area contributed by atoms with Crippen LogP contribution in [-0.4, -0.2) is 25.1 Å². The molecule has 3 aromatic carbocycles. The van der Waals surface area contributed by atoms with Crippen molar-refractivity contribution in [3.05, 3.63) is 84.4 Å². The topological polar surface area (TPSA) is 73.9 Å². The Hall–Kier alpha value is -3.80. The number of benzene rings is 3. The maximum Gasteiger partial charge on any atom is 0.306 e. The molecule has 1 N–H and O–H groups in total. The van der Waals surface area contributed by atoms with Gasteiger partial charge in [0.2, 0.25) is 0 Å². The summed E-state index contributed by atoms with van der Waals surface area (Å²) in [6.07, 6.45) is -0.283. The van der Waals surface area contributed by atoms with Crippen LogP contribution in [0.4, 0.5) is 5.69 Å². The molecule has 31 heavy (non-hydrogen) atoms. The highest BCUT2D eigenvalue weighted by Crippen LogP contribution is 2.23. The molecule has 0 aromatic heterocycles. The summed E-state index contributed by atoms with van der Waals surface area (Å²) < 4.78 is 16.3. The van der Waals surface area contributed by atoms with Gasteiger partial charge in [0.15, 0.2) is 6.10 Å². The van der Waals surface area contributed by atoms with Gasteiger partial charge in [0.1, 0.15) is 17.2 Å². The zero-order chi connectivity index (χ0) is 22.1. The maximum atomic E-state index is 12.4. The van der Waals surface area contributed by atoms with E-state index in [0.717, 1.165) is 17.1 Å². The Bertz CT molecular complexity index is 1000. The summed E-state index contributed by atoms with van der Waals surface area (Å²) in [5.41, 5.74) is 1.50. The van der Waals surface area contributed by atoms with Crippen LogP contribution in [-0.2, 0) is 20.7 Å². The Kier molecular flexibility index (Phi) is 7.65. The molecule has 160 valence electrons. The van der Waals surface area contributed by atoms with Gasteiger partial charge in [-0.15, -0.1) is 0 Å². The van der Waals surface area contributed by atoms with Gasteiger partial charge in [-0.05, 0) is 61.4 Å². The number of carbonyl (C=O) groups is 2. The predicted octanol–water partition coefficient (Wildman–Crippen LogP) is 4.99. The van der Waals surface area contributed by atoms with Gasteiger partial charge in [-0.25, -0.2) is 0 Å². The van der Waals surface area contributed by atoms with Crippen LogP contribution in [0.25, 0.3) is 0 Å². The van der Waals surface area contributed by atoms with Crippen molar-refractivity contribution in [1.82, 2.24) is 0 Å². The first-order valence-electron chi connectivity index (χ1n) is 10.0. The number of esters is 1. The first-order chi connectivity index (χ1) is 15.0. The van der Waals surface area contributed by atoms with Crippen molar-refractivity contribution in [3.8, 4) is 17.2 Å². The number of aryl methyl sites for hydroxylation is 1. The van der Waals surface area contributed by atoms with Gasteiger partial charge in [-0.1, -0.05) is 36.4 Å². The Morgan fingerprint density at radius 1 is 0.871 bits per heavy atom. The molecule has 1 amide bonds. The lowest BCUT2D eigenvalue weighted by atomic mass is 10.1. The van der Waals surface area contributed by atoms with E-state index < -0.39 is 18.0 Å². The Labute approximate surface area is 181 Å². The van der Waals surface area contributed by atoms with Crippen molar-refractivity contribution in [2.24, 2.45) is 0 Å². The van der Waals surface area contributed by atoms with Crippen LogP contribution in [0.5, 0.6) is 17.2 Å². The van der Waals surface area contributed by atoms with Gasteiger partial charge in [0, 0.05) is 12.1 Å². The molecule has 6 heteroatoms. The van der Waals surface area contributed by atoms with Crippen molar-refractivity contribution in [2.45, 2.75) is 25.9 Å². The molecule has 3 aromatic rings. The number of methoxy groups -OCH3 is 1. The molecule has 3 rings (SSSR count). The van der Waals surface area contributed by atoms with Gasteiger partial charge < -0.3 is 19.5 Å². The number of amides is 1. The number of rotatable bonds is 9. The van der Waals surface area contributed by atoms with Crippen molar-refractivity contribution in [2.75, 3.05) is 12.4 Å². The SMILES string of the molecule is COc1ccccc1CCC(=O)OC(C)C(=O)Nc1ccc(Oc2ccccc2)cc1. The van der Waals surface area contributed by atoms with Crippen LogP contribution < -0.4 is 14.8 Å². The summed E-state index contributed by atoms with van der Waals surface area (Å²) in [6, 6.07) is 23.9. The quantitative estimate of drug-likeness (QED) is 0.495. The average molecular weight is 419 g/mol. The second-order valence-corrected chi connectivity index (χ2v) is 6.87. The van der Waals surface area contributed by atoms with Gasteiger partial charge in [-0.3, -0.25) is 9.59 Å². The molecule has 1 atom stereocenters. The van der Waals surface area contributed by atoms with E-state index in [-0.39, 0.29) is 6.42 Å². The van der Waals surface area contributed by atoms with E-state index in [1.807, 2.05) is 54.6 Å². The molecule has 0 radical (unpaired) electrons. The largest absolute Gasteiger partial charge is 0.496 e. The van der Waals surface area contributed by atoms with Crippen molar-refractivity contribution in [3.63, 3.8) is 0 Å². The fraction of sp³-hybridized carbons (Fsp3) is 0.200. The van der Waals surface area contributed by atoms with E-state index in [2.05, 4.69) is 5.32 Å². The molecule has 0 saturated heterocycles. The van der Waals surface area contributed by atoms with Gasteiger partial charge in [-0.2, -0.15) is 0 Å². The van der Waals surface area contributed by atoms with E-state index in [1.165, 1.54) is 0 Å². The van der Waals surface area contributed by atoms with E-state index >= 15 is 0 Å². The van der Waals surface area contributed by atoms with Gasteiger partial charge >= 0.3 is 5.97 Å². The van der Waals surface area contributed by atoms with E-state index in [4.69, 9.17) is 14.2 Å². The second kappa shape index (κ2) is 10.8. The summed E-state index contributed by atoms with van der Waals surface area (Å²) in [5.74, 6) is 1.26. The minimum atomic E-state index is -0.912. The fourth-order valence-corrected chi connectivity index (χ4v) is 2.93. The monoisotopic (exact) mass is 419 g/mol. The van der Waals surface area contributed by atoms with Crippen LogP contribution in [0.1, 0.15) is 18.9 Å². The van der Waals surface area contributed by atoms with Crippen LogP contribution in [0.3, 0.4) is 0 Å². The molecule has 0 bridgehead atoms. The summed E-state index contributed by atoms with van der Waals surface area (Å²) in [5, 5.41) is 2.74. The molecule has 0 aliphatic carbocycles. The van der Waals surface area contributed by atoms with Crippen molar-refractivity contribution >= 4 is 17.6 Å². The summed E-state index contributed by atoms with van der Waals surface area (Å²) in [7, 11) is 1.59. The van der Waals surface area contributed by atoms with E-state index in [1.54, 1.807) is 38.3 Å². The number of ether oxygens (including phenoxy) is 3. The number of nitrogens with one attached hydrogen (secondary N) is 1. The number of carbonyl (C=O) groups excluding carboxylic acids is 2. The molecule has 0 spiro atoms. The fourth-order valence-electron chi connectivity index (χ4n) is 2.93. The van der Waals surface area contributed by atoms with Crippen molar-refractivity contribution < 1.29 is 23.8 Å².